The quantitative estimate of drug-likeness (QED) is 0.562. The summed E-state index contributed by atoms with van der Waals surface area (Å²) in [6, 6.07) is 15.2. The minimum absolute atomic E-state index is 0.0938. The number of hydrogen-bond donors (Lipinski definition) is 0. The van der Waals surface area contributed by atoms with Crippen molar-refractivity contribution in [2.45, 2.75) is 17.6 Å². The number of fused-ring (bicyclic) bond motifs is 3. The smallest absolute Gasteiger partial charge is 0.263 e. The van der Waals surface area contributed by atoms with E-state index in [9.17, 15) is 4.79 Å². The number of halogens is 1. The number of carbonyl (C=O) groups is 1. The third-order valence-corrected chi connectivity index (χ3v) is 5.60. The Bertz CT molecular complexity index is 984. The summed E-state index contributed by atoms with van der Waals surface area (Å²) in [6.45, 7) is 1.82. The van der Waals surface area contributed by atoms with E-state index in [4.69, 9.17) is 0 Å². The van der Waals surface area contributed by atoms with Crippen molar-refractivity contribution in [3.05, 3.63) is 53.0 Å². The van der Waals surface area contributed by atoms with Crippen LogP contribution in [0.1, 0.15) is 11.7 Å². The molecule has 0 bridgehead atoms. The number of para-hydroxylation sites is 2. The molecule has 5 nitrogen and oxygen atoms in total. The zero-order valence-corrected chi connectivity index (χ0v) is 15.2. The number of aromatic nitrogens is 2. The Morgan fingerprint density at radius 2 is 2.08 bits per heavy atom. The maximum Gasteiger partial charge on any atom is 0.263 e. The molecule has 0 fully saturated rings. The van der Waals surface area contributed by atoms with Crippen molar-refractivity contribution >= 4 is 50.3 Å². The molecule has 1 aliphatic heterocycles. The second-order valence-electron chi connectivity index (χ2n) is 5.77. The molecule has 1 unspecified atom stereocenters. The van der Waals surface area contributed by atoms with Gasteiger partial charge in [0, 0.05) is 10.2 Å². The van der Waals surface area contributed by atoms with Gasteiger partial charge in [0.1, 0.15) is 0 Å². The molecule has 0 spiro atoms. The summed E-state index contributed by atoms with van der Waals surface area (Å²) >= 11 is 4.94. The highest BCUT2D eigenvalue weighted by Gasteiger charge is 2.41. The maximum absolute atomic E-state index is 13.0. The van der Waals surface area contributed by atoms with Crippen LogP contribution < -0.4 is 0 Å². The van der Waals surface area contributed by atoms with Crippen molar-refractivity contribution in [3.63, 3.8) is 0 Å². The number of nitrogens with zero attached hydrogens (tertiary/aromatic N) is 4. The molecule has 0 radical (unpaired) electrons. The Morgan fingerprint density at radius 3 is 2.92 bits per heavy atom. The molecule has 1 aromatic heterocycles. The predicted octanol–water partition coefficient (Wildman–Crippen LogP) is 5.09. The normalized spacial score (nSPS) is 20.7. The van der Waals surface area contributed by atoms with E-state index in [1.807, 2.05) is 55.5 Å². The SMILES string of the molecule is CC1(N=Nc2cccc(Br)c2)CSc2nc3ccccc3n2C1=O. The Hall–Kier alpha value is -1.99. The Balaban J connectivity index is 1.73. The van der Waals surface area contributed by atoms with E-state index in [2.05, 4.69) is 31.1 Å². The molecule has 120 valence electrons. The van der Waals surface area contributed by atoms with Crippen LogP contribution in [0.4, 0.5) is 5.69 Å². The van der Waals surface area contributed by atoms with Crippen molar-refractivity contribution in [2.24, 2.45) is 10.2 Å². The molecule has 3 aromatic rings. The fraction of sp³-hybridized carbons (Fsp3) is 0.176. The van der Waals surface area contributed by atoms with Crippen LogP contribution in [0.25, 0.3) is 11.0 Å². The summed E-state index contributed by atoms with van der Waals surface area (Å²) in [5.41, 5.74) is 1.43. The zero-order chi connectivity index (χ0) is 16.7. The van der Waals surface area contributed by atoms with Gasteiger partial charge < -0.3 is 0 Å². The highest BCUT2D eigenvalue weighted by molar-refractivity contribution is 9.10. The molecule has 24 heavy (non-hydrogen) atoms. The van der Waals surface area contributed by atoms with E-state index in [0.29, 0.717) is 11.4 Å². The number of azo groups is 1. The van der Waals surface area contributed by atoms with Gasteiger partial charge in [-0.25, -0.2) is 4.98 Å². The van der Waals surface area contributed by atoms with E-state index < -0.39 is 5.54 Å². The lowest BCUT2D eigenvalue weighted by molar-refractivity contribution is 0.0816. The standard InChI is InChI=1S/C17H13BrN4OS/c1-17(21-20-12-6-4-5-11(18)9-12)10-24-16-19-13-7-2-3-8-14(13)22(16)15(17)23/h2-9H,10H2,1H3. The van der Waals surface area contributed by atoms with E-state index in [1.54, 1.807) is 4.57 Å². The van der Waals surface area contributed by atoms with Crippen molar-refractivity contribution < 1.29 is 4.79 Å². The molecule has 2 heterocycles. The predicted molar refractivity (Wildman–Crippen MR) is 98.1 cm³/mol. The van der Waals surface area contributed by atoms with Crippen molar-refractivity contribution in [1.82, 2.24) is 9.55 Å². The number of hydrogen-bond acceptors (Lipinski definition) is 5. The van der Waals surface area contributed by atoms with Crippen LogP contribution in [-0.2, 0) is 0 Å². The lowest BCUT2D eigenvalue weighted by Gasteiger charge is -2.27. The zero-order valence-electron chi connectivity index (χ0n) is 12.8. The van der Waals surface area contributed by atoms with Crippen LogP contribution >= 0.6 is 27.7 Å². The first kappa shape index (κ1) is 15.5. The van der Waals surface area contributed by atoms with E-state index in [-0.39, 0.29) is 5.91 Å². The molecule has 2 aromatic carbocycles. The lowest BCUT2D eigenvalue weighted by Crippen LogP contribution is -2.42. The van der Waals surface area contributed by atoms with Crippen molar-refractivity contribution in [1.29, 1.82) is 0 Å². The van der Waals surface area contributed by atoms with Crippen LogP contribution in [0.5, 0.6) is 0 Å². The van der Waals surface area contributed by atoms with Gasteiger partial charge in [-0.1, -0.05) is 45.9 Å². The highest BCUT2D eigenvalue weighted by atomic mass is 79.9. The van der Waals surface area contributed by atoms with Gasteiger partial charge in [0.15, 0.2) is 10.7 Å². The average molecular weight is 401 g/mol. The van der Waals surface area contributed by atoms with E-state index >= 15 is 0 Å². The summed E-state index contributed by atoms with van der Waals surface area (Å²) in [5, 5.41) is 9.37. The number of imidazole rings is 1. The first-order valence-electron chi connectivity index (χ1n) is 7.40. The Morgan fingerprint density at radius 1 is 1.25 bits per heavy atom. The minimum Gasteiger partial charge on any atom is -0.271 e. The van der Waals surface area contributed by atoms with Gasteiger partial charge in [0.05, 0.1) is 16.7 Å². The molecule has 7 heteroatoms. The summed E-state index contributed by atoms with van der Waals surface area (Å²) in [4.78, 5) is 17.6. The number of rotatable bonds is 2. The Kier molecular flexibility index (Phi) is 3.77. The van der Waals surface area contributed by atoms with Gasteiger partial charge in [-0.15, -0.1) is 0 Å². The van der Waals surface area contributed by atoms with E-state index in [0.717, 1.165) is 20.7 Å². The highest BCUT2D eigenvalue weighted by Crippen LogP contribution is 2.36. The van der Waals surface area contributed by atoms with Gasteiger partial charge in [-0.2, -0.15) is 10.2 Å². The molecule has 0 N–H and O–H groups in total. The third kappa shape index (κ3) is 2.57. The molecule has 0 amide bonds. The second kappa shape index (κ2) is 5.82. The molecule has 0 aliphatic carbocycles. The maximum atomic E-state index is 13.0. The first-order valence-corrected chi connectivity index (χ1v) is 9.18. The van der Waals surface area contributed by atoms with Gasteiger partial charge in [-0.3, -0.25) is 9.36 Å². The second-order valence-corrected chi connectivity index (χ2v) is 7.62. The molecule has 0 saturated heterocycles. The summed E-state index contributed by atoms with van der Waals surface area (Å²) in [7, 11) is 0. The van der Waals surface area contributed by atoms with Crippen LogP contribution in [0.15, 0.2) is 68.4 Å². The fourth-order valence-corrected chi connectivity index (χ4v) is 4.03. The molecular formula is C17H13BrN4OS. The molecule has 1 atom stereocenters. The fourth-order valence-electron chi connectivity index (χ4n) is 2.58. The molecule has 1 aliphatic rings. The van der Waals surface area contributed by atoms with Gasteiger partial charge >= 0.3 is 0 Å². The third-order valence-electron chi connectivity index (χ3n) is 3.87. The van der Waals surface area contributed by atoms with Gasteiger partial charge in [0.2, 0.25) is 0 Å². The Labute approximate surface area is 151 Å². The first-order chi connectivity index (χ1) is 11.6. The van der Waals surface area contributed by atoms with Crippen LogP contribution in [-0.4, -0.2) is 26.8 Å². The topological polar surface area (TPSA) is 59.6 Å². The van der Waals surface area contributed by atoms with Crippen LogP contribution in [0.3, 0.4) is 0 Å². The molecular weight excluding hydrogens is 388 g/mol. The monoisotopic (exact) mass is 400 g/mol. The summed E-state index contributed by atoms with van der Waals surface area (Å²) in [5.74, 6) is 0.427. The van der Waals surface area contributed by atoms with Crippen LogP contribution in [0.2, 0.25) is 0 Å². The van der Waals surface area contributed by atoms with Crippen molar-refractivity contribution in [3.8, 4) is 0 Å². The molecule has 0 saturated carbocycles. The lowest BCUT2D eigenvalue weighted by atomic mass is 10.1. The van der Waals surface area contributed by atoms with E-state index in [1.165, 1.54) is 11.8 Å². The van der Waals surface area contributed by atoms with Gasteiger partial charge in [-0.05, 0) is 37.3 Å². The number of carbonyl (C=O) groups excluding carboxylic acids is 1. The summed E-state index contributed by atoms with van der Waals surface area (Å²) in [6.07, 6.45) is 0. The van der Waals surface area contributed by atoms with Crippen molar-refractivity contribution in [2.75, 3.05) is 5.75 Å². The van der Waals surface area contributed by atoms with Crippen LogP contribution in [0, 0.1) is 0 Å². The summed E-state index contributed by atoms with van der Waals surface area (Å²) < 4.78 is 2.58. The molecule has 4 rings (SSSR count). The minimum atomic E-state index is -0.913. The van der Waals surface area contributed by atoms with Gasteiger partial charge in [0.25, 0.3) is 5.91 Å². The average Bonchev–Trinajstić information content (AvgIpc) is 2.96. The number of thioether (sulfide) groups is 1. The largest absolute Gasteiger partial charge is 0.271 e. The number of benzene rings is 2.